The van der Waals surface area contributed by atoms with Crippen LogP contribution in [0.25, 0.3) is 12.2 Å². The van der Waals surface area contributed by atoms with Gasteiger partial charge < -0.3 is 15.0 Å². The third-order valence-electron chi connectivity index (χ3n) is 7.08. The van der Waals surface area contributed by atoms with Gasteiger partial charge in [-0.05, 0) is 77.1 Å². The Morgan fingerprint density at radius 3 is 2.36 bits per heavy atom. The van der Waals surface area contributed by atoms with E-state index in [0.717, 1.165) is 36.8 Å². The molecular formula is C31H38ClN5O4S. The Kier molecular flexibility index (Phi) is 9.89. The zero-order chi connectivity index (χ0) is 30.5. The minimum atomic E-state index is -3.62. The lowest BCUT2D eigenvalue weighted by Gasteiger charge is -2.35. The molecule has 2 aromatic heterocycles. The maximum Gasteiger partial charge on any atom is 0.410 e. The van der Waals surface area contributed by atoms with Crippen LogP contribution in [0.5, 0.6) is 0 Å². The number of benzene rings is 1. The Bertz CT molecular complexity index is 1530. The molecule has 1 aliphatic carbocycles. The molecule has 0 aliphatic heterocycles. The van der Waals surface area contributed by atoms with E-state index in [-0.39, 0.29) is 33.8 Å². The van der Waals surface area contributed by atoms with Crippen LogP contribution in [0.1, 0.15) is 69.0 Å². The van der Waals surface area contributed by atoms with Crippen molar-refractivity contribution in [2.24, 2.45) is 0 Å². The van der Waals surface area contributed by atoms with Crippen LogP contribution < -0.4 is 5.32 Å². The van der Waals surface area contributed by atoms with Crippen LogP contribution in [0.2, 0.25) is 5.02 Å². The number of hydrogen-bond acceptors (Lipinski definition) is 8. The molecule has 224 valence electrons. The molecule has 1 aromatic carbocycles. The van der Waals surface area contributed by atoms with E-state index in [0.29, 0.717) is 17.3 Å². The van der Waals surface area contributed by atoms with Crippen molar-refractivity contribution in [3.8, 4) is 0 Å². The summed E-state index contributed by atoms with van der Waals surface area (Å²) in [6.45, 7) is 7.46. The van der Waals surface area contributed by atoms with Crippen molar-refractivity contribution < 1.29 is 17.9 Å². The first-order valence-electron chi connectivity index (χ1n) is 14.0. The number of aromatic nitrogens is 3. The van der Waals surface area contributed by atoms with Gasteiger partial charge >= 0.3 is 6.09 Å². The van der Waals surface area contributed by atoms with Crippen molar-refractivity contribution in [2.75, 3.05) is 12.4 Å². The predicted molar refractivity (Wildman–Crippen MR) is 166 cm³/mol. The topological polar surface area (TPSA) is 114 Å². The monoisotopic (exact) mass is 611 g/mol. The second kappa shape index (κ2) is 13.2. The second-order valence-electron chi connectivity index (χ2n) is 11.6. The lowest BCUT2D eigenvalue weighted by Crippen LogP contribution is -2.43. The maximum atomic E-state index is 12.8. The number of rotatable bonds is 8. The fourth-order valence-electron chi connectivity index (χ4n) is 4.81. The molecule has 1 saturated carbocycles. The number of amides is 1. The number of aryl methyl sites for hydroxylation is 1. The third-order valence-corrected chi connectivity index (χ3v) is 9.22. The summed E-state index contributed by atoms with van der Waals surface area (Å²) in [6, 6.07) is 10.4. The summed E-state index contributed by atoms with van der Waals surface area (Å²) < 4.78 is 31.1. The normalized spacial score (nSPS) is 17.7. The molecule has 0 bridgehead atoms. The molecule has 0 spiro atoms. The lowest BCUT2D eigenvalue weighted by atomic mass is 9.90. The van der Waals surface area contributed by atoms with Crippen LogP contribution in [0.15, 0.2) is 53.7 Å². The van der Waals surface area contributed by atoms with Crippen molar-refractivity contribution in [3.05, 3.63) is 76.3 Å². The van der Waals surface area contributed by atoms with Crippen molar-refractivity contribution in [1.29, 1.82) is 0 Å². The SMILES string of the molecule is Cc1nc(CS(=O)(=O)c2ccccc2Cl)ccc1/C=C/c1cnc(NC2CCC(N(C)C(=O)OC(C)(C)C)CC2)nc1. The van der Waals surface area contributed by atoms with E-state index in [2.05, 4.69) is 20.3 Å². The van der Waals surface area contributed by atoms with Crippen LogP contribution in [-0.4, -0.2) is 59.1 Å². The first kappa shape index (κ1) is 31.4. The lowest BCUT2D eigenvalue weighted by molar-refractivity contribution is 0.0185. The van der Waals surface area contributed by atoms with E-state index in [4.69, 9.17) is 16.3 Å². The van der Waals surface area contributed by atoms with Crippen LogP contribution >= 0.6 is 11.6 Å². The molecule has 2 heterocycles. The first-order chi connectivity index (χ1) is 19.8. The van der Waals surface area contributed by atoms with Crippen molar-refractivity contribution in [2.45, 2.75) is 81.7 Å². The number of anilines is 1. The van der Waals surface area contributed by atoms with Gasteiger partial charge in [-0.25, -0.2) is 23.2 Å². The highest BCUT2D eigenvalue weighted by Crippen LogP contribution is 2.26. The van der Waals surface area contributed by atoms with E-state index in [1.54, 1.807) is 48.6 Å². The quantitative estimate of drug-likeness (QED) is 0.304. The van der Waals surface area contributed by atoms with Gasteiger partial charge in [-0.3, -0.25) is 4.98 Å². The van der Waals surface area contributed by atoms with Crippen molar-refractivity contribution in [3.63, 3.8) is 0 Å². The molecule has 11 heteroatoms. The van der Waals surface area contributed by atoms with E-state index < -0.39 is 15.4 Å². The fraction of sp³-hybridized carbons (Fsp3) is 0.419. The standard InChI is InChI=1S/C31H38ClN5O4S/c1-21-23(12-13-25(35-21)20-42(39,40)28-9-7-6-8-27(28)32)11-10-22-18-33-29(34-19-22)36-24-14-16-26(17-15-24)37(5)30(38)41-31(2,3)4/h6-13,18-19,24,26H,14-17,20H2,1-5H3,(H,33,34,36)/b11-10+. The van der Waals surface area contributed by atoms with E-state index in [9.17, 15) is 13.2 Å². The number of nitrogens with zero attached hydrogens (tertiary/aromatic N) is 4. The summed E-state index contributed by atoms with van der Waals surface area (Å²) in [4.78, 5) is 27.6. The Hall–Kier alpha value is -3.50. The Balaban J connectivity index is 1.29. The van der Waals surface area contributed by atoms with Gasteiger partial charge in [0.2, 0.25) is 5.95 Å². The van der Waals surface area contributed by atoms with Gasteiger partial charge in [-0.1, -0.05) is 42.0 Å². The minimum Gasteiger partial charge on any atom is -0.444 e. The zero-order valence-corrected chi connectivity index (χ0v) is 26.2. The number of ether oxygens (including phenoxy) is 1. The highest BCUT2D eigenvalue weighted by Gasteiger charge is 2.29. The predicted octanol–water partition coefficient (Wildman–Crippen LogP) is 6.57. The summed E-state index contributed by atoms with van der Waals surface area (Å²) in [5.41, 5.74) is 2.35. The summed E-state index contributed by atoms with van der Waals surface area (Å²) >= 11 is 6.09. The number of nitrogens with one attached hydrogen (secondary N) is 1. The zero-order valence-electron chi connectivity index (χ0n) is 24.7. The molecule has 1 amide bonds. The number of carbonyl (C=O) groups excluding carboxylic acids is 1. The summed E-state index contributed by atoms with van der Waals surface area (Å²) in [6.07, 6.45) is 10.6. The number of carbonyl (C=O) groups is 1. The van der Waals surface area contributed by atoms with Gasteiger partial charge in [0.05, 0.1) is 21.4 Å². The molecule has 1 fully saturated rings. The molecule has 0 atom stereocenters. The van der Waals surface area contributed by atoms with Crippen LogP contribution in [0.4, 0.5) is 10.7 Å². The molecule has 3 aromatic rings. The second-order valence-corrected chi connectivity index (χ2v) is 13.9. The third kappa shape index (κ3) is 8.51. The highest BCUT2D eigenvalue weighted by atomic mass is 35.5. The number of hydrogen-bond donors (Lipinski definition) is 1. The van der Waals surface area contributed by atoms with Crippen molar-refractivity contribution >= 4 is 45.6 Å². The van der Waals surface area contributed by atoms with Crippen LogP contribution in [0.3, 0.4) is 0 Å². The van der Waals surface area contributed by atoms with Crippen LogP contribution in [0, 0.1) is 6.92 Å². The molecular weight excluding hydrogens is 574 g/mol. The van der Waals surface area contributed by atoms with Crippen molar-refractivity contribution in [1.82, 2.24) is 19.9 Å². The molecule has 0 saturated heterocycles. The van der Waals surface area contributed by atoms with Gasteiger partial charge in [0, 0.05) is 42.8 Å². The number of pyridine rings is 1. The Morgan fingerprint density at radius 1 is 1.07 bits per heavy atom. The fourth-order valence-corrected chi connectivity index (χ4v) is 6.65. The van der Waals surface area contributed by atoms with Crippen LogP contribution in [-0.2, 0) is 20.3 Å². The number of halogens is 1. The Labute approximate surface area is 253 Å². The van der Waals surface area contributed by atoms with Gasteiger partial charge in [0.25, 0.3) is 0 Å². The molecule has 4 rings (SSSR count). The molecule has 9 nitrogen and oxygen atoms in total. The van der Waals surface area contributed by atoms with E-state index >= 15 is 0 Å². The Morgan fingerprint density at radius 2 is 1.74 bits per heavy atom. The smallest absolute Gasteiger partial charge is 0.410 e. The first-order valence-corrected chi connectivity index (χ1v) is 16.0. The molecule has 0 unspecified atom stereocenters. The maximum absolute atomic E-state index is 12.8. The van der Waals surface area contributed by atoms with E-state index in [1.807, 2.05) is 45.9 Å². The number of sulfone groups is 1. The highest BCUT2D eigenvalue weighted by molar-refractivity contribution is 7.90. The summed E-state index contributed by atoms with van der Waals surface area (Å²) in [5.74, 6) is 0.337. The van der Waals surface area contributed by atoms with Gasteiger partial charge in [0.1, 0.15) is 5.60 Å². The average molecular weight is 612 g/mol. The summed E-state index contributed by atoms with van der Waals surface area (Å²) in [5, 5.41) is 3.61. The average Bonchev–Trinajstić information content (AvgIpc) is 2.92. The van der Waals surface area contributed by atoms with Gasteiger partial charge in [0.15, 0.2) is 9.84 Å². The largest absolute Gasteiger partial charge is 0.444 e. The molecule has 0 radical (unpaired) electrons. The molecule has 1 N–H and O–H groups in total. The molecule has 42 heavy (non-hydrogen) atoms. The minimum absolute atomic E-state index is 0.103. The van der Waals surface area contributed by atoms with Gasteiger partial charge in [-0.15, -0.1) is 0 Å². The van der Waals surface area contributed by atoms with Gasteiger partial charge in [-0.2, -0.15) is 0 Å². The molecule has 1 aliphatic rings. The van der Waals surface area contributed by atoms with E-state index in [1.165, 1.54) is 6.07 Å². The summed E-state index contributed by atoms with van der Waals surface area (Å²) in [7, 11) is -1.81.